The SMILES string of the molecule is CC(C)C[C@@H](N)C(=O)NC(C)c1ccc(Br)cc1. The van der Waals surface area contributed by atoms with E-state index in [-0.39, 0.29) is 11.9 Å². The summed E-state index contributed by atoms with van der Waals surface area (Å²) < 4.78 is 1.03. The second-order valence-electron chi connectivity index (χ2n) is 5.02. The summed E-state index contributed by atoms with van der Waals surface area (Å²) in [5, 5.41) is 2.94. The van der Waals surface area contributed by atoms with E-state index in [1.54, 1.807) is 0 Å². The quantitative estimate of drug-likeness (QED) is 0.878. The normalized spacial score (nSPS) is 14.3. The van der Waals surface area contributed by atoms with Crippen LogP contribution in [0, 0.1) is 5.92 Å². The van der Waals surface area contributed by atoms with Gasteiger partial charge in [-0.3, -0.25) is 4.79 Å². The van der Waals surface area contributed by atoms with Gasteiger partial charge in [-0.05, 0) is 37.0 Å². The Bertz CT molecular complexity index is 389. The number of carbonyl (C=O) groups is 1. The van der Waals surface area contributed by atoms with E-state index in [0.717, 1.165) is 10.0 Å². The maximum absolute atomic E-state index is 11.9. The third-order valence-corrected chi connectivity index (χ3v) is 3.32. The van der Waals surface area contributed by atoms with Gasteiger partial charge >= 0.3 is 0 Å². The molecule has 0 heterocycles. The summed E-state index contributed by atoms with van der Waals surface area (Å²) in [6.45, 7) is 6.08. The van der Waals surface area contributed by atoms with E-state index in [2.05, 4.69) is 35.1 Å². The summed E-state index contributed by atoms with van der Waals surface area (Å²) in [5.41, 5.74) is 6.92. The van der Waals surface area contributed by atoms with Crippen molar-refractivity contribution in [2.45, 2.75) is 39.3 Å². The van der Waals surface area contributed by atoms with Gasteiger partial charge in [0.15, 0.2) is 0 Å². The van der Waals surface area contributed by atoms with Gasteiger partial charge < -0.3 is 11.1 Å². The predicted octanol–water partition coefficient (Wildman–Crippen LogP) is 3.00. The minimum absolute atomic E-state index is 0.0242. The van der Waals surface area contributed by atoms with Crippen molar-refractivity contribution in [3.63, 3.8) is 0 Å². The molecule has 0 aliphatic heterocycles. The van der Waals surface area contributed by atoms with Crippen LogP contribution in [0.1, 0.15) is 38.8 Å². The van der Waals surface area contributed by atoms with E-state index in [0.29, 0.717) is 12.3 Å². The Morgan fingerprint density at radius 3 is 2.33 bits per heavy atom. The van der Waals surface area contributed by atoms with Gasteiger partial charge in [-0.15, -0.1) is 0 Å². The van der Waals surface area contributed by atoms with E-state index in [1.807, 2.05) is 31.2 Å². The molecule has 1 amide bonds. The van der Waals surface area contributed by atoms with Crippen LogP contribution in [0.5, 0.6) is 0 Å². The lowest BCUT2D eigenvalue weighted by Crippen LogP contribution is -2.42. The first-order valence-electron chi connectivity index (χ1n) is 6.21. The second-order valence-corrected chi connectivity index (χ2v) is 5.93. The molecule has 1 aromatic carbocycles. The highest BCUT2D eigenvalue weighted by atomic mass is 79.9. The van der Waals surface area contributed by atoms with Crippen LogP contribution in [0.25, 0.3) is 0 Å². The van der Waals surface area contributed by atoms with Gasteiger partial charge in [0.1, 0.15) is 0 Å². The number of halogens is 1. The van der Waals surface area contributed by atoms with E-state index < -0.39 is 6.04 Å². The molecule has 0 saturated heterocycles. The van der Waals surface area contributed by atoms with Gasteiger partial charge in [-0.1, -0.05) is 41.9 Å². The van der Waals surface area contributed by atoms with E-state index in [9.17, 15) is 4.79 Å². The van der Waals surface area contributed by atoms with E-state index in [4.69, 9.17) is 5.73 Å². The molecule has 1 aromatic rings. The zero-order valence-electron chi connectivity index (χ0n) is 11.1. The van der Waals surface area contributed by atoms with Crippen LogP contribution in [0.15, 0.2) is 28.7 Å². The maximum atomic E-state index is 11.9. The largest absolute Gasteiger partial charge is 0.348 e. The molecule has 1 rings (SSSR count). The highest BCUT2D eigenvalue weighted by Crippen LogP contribution is 2.16. The number of hydrogen-bond donors (Lipinski definition) is 2. The Balaban J connectivity index is 2.56. The van der Waals surface area contributed by atoms with Crippen LogP contribution >= 0.6 is 15.9 Å². The Kier molecular flexibility index (Phi) is 5.82. The van der Waals surface area contributed by atoms with Crippen LogP contribution < -0.4 is 11.1 Å². The van der Waals surface area contributed by atoms with Gasteiger partial charge in [0.2, 0.25) is 5.91 Å². The van der Waals surface area contributed by atoms with E-state index >= 15 is 0 Å². The molecule has 100 valence electrons. The standard InChI is InChI=1S/C14H21BrN2O/c1-9(2)8-13(16)14(18)17-10(3)11-4-6-12(15)7-5-11/h4-7,9-10,13H,8,16H2,1-3H3,(H,17,18)/t10?,13-/m1/s1. The van der Waals surface area contributed by atoms with Gasteiger partial charge in [-0.25, -0.2) is 0 Å². The molecule has 0 aliphatic rings. The first kappa shape index (κ1) is 15.2. The highest BCUT2D eigenvalue weighted by Gasteiger charge is 2.17. The maximum Gasteiger partial charge on any atom is 0.237 e. The molecule has 0 saturated carbocycles. The molecule has 0 aliphatic carbocycles. The Labute approximate surface area is 117 Å². The number of benzene rings is 1. The fourth-order valence-electron chi connectivity index (χ4n) is 1.77. The molecule has 0 aromatic heterocycles. The average Bonchev–Trinajstić information content (AvgIpc) is 2.28. The molecule has 3 N–H and O–H groups in total. The topological polar surface area (TPSA) is 55.1 Å². The molecule has 4 heteroatoms. The van der Waals surface area contributed by atoms with E-state index in [1.165, 1.54) is 0 Å². The Hall–Kier alpha value is -0.870. The minimum Gasteiger partial charge on any atom is -0.348 e. The van der Waals surface area contributed by atoms with Crippen molar-refractivity contribution >= 4 is 21.8 Å². The third kappa shape index (κ3) is 4.78. The second kappa shape index (κ2) is 6.90. The lowest BCUT2D eigenvalue weighted by Gasteiger charge is -2.19. The van der Waals surface area contributed by atoms with Crippen LogP contribution in [0.3, 0.4) is 0 Å². The van der Waals surface area contributed by atoms with Gasteiger partial charge in [-0.2, -0.15) is 0 Å². The Morgan fingerprint density at radius 2 is 1.83 bits per heavy atom. The summed E-state index contributed by atoms with van der Waals surface area (Å²) in [5.74, 6) is 0.341. The van der Waals surface area contributed by atoms with Crippen molar-refractivity contribution in [3.8, 4) is 0 Å². The van der Waals surface area contributed by atoms with Gasteiger partial charge in [0.25, 0.3) is 0 Å². The number of nitrogens with two attached hydrogens (primary N) is 1. The molecule has 0 bridgehead atoms. The van der Waals surface area contributed by atoms with Crippen molar-refractivity contribution in [1.29, 1.82) is 0 Å². The fourth-order valence-corrected chi connectivity index (χ4v) is 2.03. The summed E-state index contributed by atoms with van der Waals surface area (Å²) >= 11 is 3.39. The van der Waals surface area contributed by atoms with Crippen LogP contribution in [0.2, 0.25) is 0 Å². The monoisotopic (exact) mass is 312 g/mol. The molecular weight excluding hydrogens is 292 g/mol. The van der Waals surface area contributed by atoms with Crippen LogP contribution in [0.4, 0.5) is 0 Å². The number of rotatable bonds is 5. The zero-order chi connectivity index (χ0) is 13.7. The number of hydrogen-bond acceptors (Lipinski definition) is 2. The molecule has 0 spiro atoms. The summed E-state index contributed by atoms with van der Waals surface area (Å²) in [7, 11) is 0. The fraction of sp³-hybridized carbons (Fsp3) is 0.500. The van der Waals surface area contributed by atoms with Crippen LogP contribution in [-0.2, 0) is 4.79 Å². The average molecular weight is 313 g/mol. The summed E-state index contributed by atoms with van der Waals surface area (Å²) in [4.78, 5) is 11.9. The molecule has 0 radical (unpaired) electrons. The van der Waals surface area contributed by atoms with Crippen molar-refractivity contribution in [2.75, 3.05) is 0 Å². The van der Waals surface area contributed by atoms with Crippen molar-refractivity contribution in [1.82, 2.24) is 5.32 Å². The number of nitrogens with one attached hydrogen (secondary N) is 1. The molecule has 1 unspecified atom stereocenters. The lowest BCUT2D eigenvalue weighted by atomic mass is 10.0. The third-order valence-electron chi connectivity index (χ3n) is 2.79. The molecule has 0 fully saturated rings. The summed E-state index contributed by atoms with van der Waals surface area (Å²) in [6, 6.07) is 7.45. The molecule has 18 heavy (non-hydrogen) atoms. The van der Waals surface area contributed by atoms with Gasteiger partial charge in [0.05, 0.1) is 12.1 Å². The smallest absolute Gasteiger partial charge is 0.237 e. The van der Waals surface area contributed by atoms with Gasteiger partial charge in [0, 0.05) is 4.47 Å². The van der Waals surface area contributed by atoms with Crippen molar-refractivity contribution < 1.29 is 4.79 Å². The minimum atomic E-state index is -0.428. The first-order chi connectivity index (χ1) is 8.40. The number of amides is 1. The zero-order valence-corrected chi connectivity index (χ0v) is 12.7. The highest BCUT2D eigenvalue weighted by molar-refractivity contribution is 9.10. The Morgan fingerprint density at radius 1 is 1.28 bits per heavy atom. The predicted molar refractivity (Wildman–Crippen MR) is 78.1 cm³/mol. The first-order valence-corrected chi connectivity index (χ1v) is 7.01. The summed E-state index contributed by atoms with van der Waals surface area (Å²) in [6.07, 6.45) is 0.707. The number of carbonyl (C=O) groups excluding carboxylic acids is 1. The molecule has 2 atom stereocenters. The van der Waals surface area contributed by atoms with Crippen molar-refractivity contribution in [3.05, 3.63) is 34.3 Å². The van der Waals surface area contributed by atoms with Crippen LogP contribution in [-0.4, -0.2) is 11.9 Å². The molecular formula is C14H21BrN2O. The lowest BCUT2D eigenvalue weighted by molar-refractivity contribution is -0.123. The van der Waals surface area contributed by atoms with Crippen molar-refractivity contribution in [2.24, 2.45) is 11.7 Å². The molecule has 3 nitrogen and oxygen atoms in total.